The highest BCUT2D eigenvalue weighted by atomic mass is 35.5. The van der Waals surface area contributed by atoms with E-state index in [0.29, 0.717) is 13.1 Å². The van der Waals surface area contributed by atoms with Gasteiger partial charge in [-0.2, -0.15) is 0 Å². The molecule has 0 saturated carbocycles. The van der Waals surface area contributed by atoms with Crippen LogP contribution < -0.4 is 5.32 Å². The predicted molar refractivity (Wildman–Crippen MR) is 105 cm³/mol. The van der Waals surface area contributed by atoms with Gasteiger partial charge in [0, 0.05) is 36.1 Å². The minimum atomic E-state index is -0.702. The van der Waals surface area contributed by atoms with Crippen LogP contribution in [0, 0.1) is 0 Å². The van der Waals surface area contributed by atoms with Gasteiger partial charge in [-0.05, 0) is 43.7 Å². The highest BCUT2D eigenvalue weighted by molar-refractivity contribution is 5.85. The van der Waals surface area contributed by atoms with Gasteiger partial charge in [-0.15, -0.1) is 24.8 Å². The smallest absolute Gasteiger partial charge is 0.140 e. The summed E-state index contributed by atoms with van der Waals surface area (Å²) in [7, 11) is 0. The third-order valence-electron chi connectivity index (χ3n) is 4.49. The van der Waals surface area contributed by atoms with Gasteiger partial charge in [0.15, 0.2) is 0 Å². The fourth-order valence-electron chi connectivity index (χ4n) is 3.32. The molecule has 0 aliphatic carbocycles. The van der Waals surface area contributed by atoms with E-state index in [1.807, 2.05) is 29.0 Å². The molecule has 1 fully saturated rings. The van der Waals surface area contributed by atoms with Crippen LogP contribution in [0.15, 0.2) is 48.9 Å². The zero-order valence-corrected chi connectivity index (χ0v) is 15.4. The quantitative estimate of drug-likeness (QED) is 0.732. The Morgan fingerprint density at radius 1 is 1.16 bits per heavy atom. The van der Waals surface area contributed by atoms with E-state index in [9.17, 15) is 5.11 Å². The molecule has 1 unspecified atom stereocenters. The number of piperidine rings is 1. The van der Waals surface area contributed by atoms with Gasteiger partial charge in [-0.1, -0.05) is 6.07 Å². The number of imidazole rings is 1. The van der Waals surface area contributed by atoms with E-state index in [4.69, 9.17) is 0 Å². The number of aromatic nitrogens is 3. The van der Waals surface area contributed by atoms with Gasteiger partial charge in [-0.25, -0.2) is 4.98 Å². The molecule has 1 saturated heterocycles. The first-order valence-electron chi connectivity index (χ1n) is 8.03. The Balaban J connectivity index is 0.00000113. The van der Waals surface area contributed by atoms with Crippen LogP contribution in [0.4, 0.5) is 0 Å². The summed E-state index contributed by atoms with van der Waals surface area (Å²) in [6.45, 7) is 2.17. The van der Waals surface area contributed by atoms with Crippen LogP contribution in [0.1, 0.15) is 12.8 Å². The molecule has 0 spiro atoms. The zero-order valence-electron chi connectivity index (χ0n) is 13.8. The molecule has 7 heteroatoms. The number of pyridine rings is 1. The Labute approximate surface area is 159 Å². The molecule has 0 bridgehead atoms. The van der Waals surface area contributed by atoms with Crippen molar-refractivity contribution < 1.29 is 5.11 Å². The third kappa shape index (κ3) is 4.12. The first-order chi connectivity index (χ1) is 11.2. The normalized spacial score (nSPS) is 19.9. The van der Waals surface area contributed by atoms with Crippen LogP contribution in [-0.4, -0.2) is 38.3 Å². The molecule has 3 heterocycles. The third-order valence-corrected chi connectivity index (χ3v) is 4.49. The van der Waals surface area contributed by atoms with E-state index in [1.54, 1.807) is 12.4 Å². The van der Waals surface area contributed by atoms with Crippen molar-refractivity contribution in [1.82, 2.24) is 19.9 Å². The number of benzene rings is 1. The van der Waals surface area contributed by atoms with Gasteiger partial charge >= 0.3 is 0 Å². The van der Waals surface area contributed by atoms with Gasteiger partial charge in [0.25, 0.3) is 0 Å². The molecule has 2 N–H and O–H groups in total. The zero-order chi connectivity index (χ0) is 15.7. The number of nitrogens with one attached hydrogen (secondary N) is 1. The van der Waals surface area contributed by atoms with E-state index < -0.39 is 5.60 Å². The number of halogens is 2. The molecule has 1 aromatic carbocycles. The number of rotatable bonds is 3. The second kappa shape index (κ2) is 8.15. The molecule has 4 rings (SSSR count). The summed E-state index contributed by atoms with van der Waals surface area (Å²) in [5.41, 5.74) is 1.32. The Morgan fingerprint density at radius 2 is 2.04 bits per heavy atom. The van der Waals surface area contributed by atoms with E-state index in [0.717, 1.165) is 41.7 Å². The monoisotopic (exact) mass is 380 g/mol. The molecule has 3 aromatic rings. The van der Waals surface area contributed by atoms with Gasteiger partial charge in [0.1, 0.15) is 5.82 Å². The second-order valence-electron chi connectivity index (χ2n) is 6.29. The first-order valence-corrected chi connectivity index (χ1v) is 8.03. The van der Waals surface area contributed by atoms with Gasteiger partial charge < -0.3 is 15.0 Å². The highest BCUT2D eigenvalue weighted by Gasteiger charge is 2.30. The molecule has 2 aromatic heterocycles. The van der Waals surface area contributed by atoms with Crippen molar-refractivity contribution in [3.63, 3.8) is 0 Å². The lowest BCUT2D eigenvalue weighted by Gasteiger charge is -2.33. The van der Waals surface area contributed by atoms with Crippen molar-refractivity contribution in [2.45, 2.75) is 25.0 Å². The number of fused-ring (bicyclic) bond motifs is 1. The fraction of sp³-hybridized carbons (Fsp3) is 0.333. The summed E-state index contributed by atoms with van der Waals surface area (Å²) in [4.78, 5) is 8.86. The summed E-state index contributed by atoms with van der Waals surface area (Å²) in [6.07, 6.45) is 7.35. The number of nitrogens with zero attached hydrogens (tertiary/aromatic N) is 3. The van der Waals surface area contributed by atoms with Crippen molar-refractivity contribution in [2.24, 2.45) is 0 Å². The van der Waals surface area contributed by atoms with Gasteiger partial charge in [0.2, 0.25) is 0 Å². The van der Waals surface area contributed by atoms with Crippen LogP contribution in [-0.2, 0) is 6.54 Å². The average molecular weight is 381 g/mol. The molecule has 1 aliphatic rings. The predicted octanol–water partition coefficient (Wildman–Crippen LogP) is 3.06. The fourth-order valence-corrected chi connectivity index (χ4v) is 3.32. The molecular formula is C18H22Cl2N4O. The van der Waals surface area contributed by atoms with E-state index in [1.165, 1.54) is 0 Å². The van der Waals surface area contributed by atoms with Crippen LogP contribution in [0.25, 0.3) is 22.3 Å². The van der Waals surface area contributed by atoms with Crippen LogP contribution in [0.3, 0.4) is 0 Å². The van der Waals surface area contributed by atoms with Crippen molar-refractivity contribution >= 4 is 35.7 Å². The number of hydrogen-bond acceptors (Lipinski definition) is 4. The molecule has 0 amide bonds. The van der Waals surface area contributed by atoms with Crippen molar-refractivity contribution in [1.29, 1.82) is 0 Å². The summed E-state index contributed by atoms with van der Waals surface area (Å²) < 4.78 is 2.05. The maximum absolute atomic E-state index is 10.8. The van der Waals surface area contributed by atoms with Gasteiger partial charge in [0.05, 0.1) is 17.7 Å². The Kier molecular flexibility index (Phi) is 6.41. The average Bonchev–Trinajstić information content (AvgIpc) is 3.02. The Morgan fingerprint density at radius 3 is 2.84 bits per heavy atom. The van der Waals surface area contributed by atoms with Gasteiger partial charge in [-0.3, -0.25) is 4.98 Å². The minimum absolute atomic E-state index is 0. The van der Waals surface area contributed by atoms with E-state index in [2.05, 4.69) is 27.4 Å². The second-order valence-corrected chi connectivity index (χ2v) is 6.29. The summed E-state index contributed by atoms with van der Waals surface area (Å²) in [5.74, 6) is 0.884. The molecule has 1 atom stereocenters. The van der Waals surface area contributed by atoms with Crippen LogP contribution in [0.5, 0.6) is 0 Å². The molecular weight excluding hydrogens is 359 g/mol. The summed E-state index contributed by atoms with van der Waals surface area (Å²) >= 11 is 0. The number of aliphatic hydroxyl groups is 1. The standard InChI is InChI=1S/C18H20N4O.2ClH/c23-18(6-2-7-19-12-18)13-22-10-9-21-17(22)15-4-5-16-14(11-15)3-1-8-20-16;;/h1,3-5,8-11,19,23H,2,6-7,12-13H2;2*1H. The van der Waals surface area contributed by atoms with E-state index in [-0.39, 0.29) is 24.8 Å². The number of β-amino-alcohol motifs (C(OH)–C–C–N with tert-alkyl or cyclic N) is 1. The van der Waals surface area contributed by atoms with Crippen molar-refractivity contribution in [2.75, 3.05) is 13.1 Å². The van der Waals surface area contributed by atoms with Crippen LogP contribution >= 0.6 is 24.8 Å². The largest absolute Gasteiger partial charge is 0.387 e. The van der Waals surface area contributed by atoms with Crippen molar-refractivity contribution in [3.05, 3.63) is 48.9 Å². The Hall–Kier alpha value is -1.66. The lowest BCUT2D eigenvalue weighted by Crippen LogP contribution is -2.48. The first kappa shape index (κ1) is 19.7. The minimum Gasteiger partial charge on any atom is -0.387 e. The molecule has 134 valence electrons. The topological polar surface area (TPSA) is 63.0 Å². The lowest BCUT2D eigenvalue weighted by atomic mass is 9.94. The molecule has 5 nitrogen and oxygen atoms in total. The molecule has 25 heavy (non-hydrogen) atoms. The van der Waals surface area contributed by atoms with E-state index >= 15 is 0 Å². The van der Waals surface area contributed by atoms with Crippen molar-refractivity contribution in [3.8, 4) is 11.4 Å². The molecule has 1 aliphatic heterocycles. The Bertz CT molecular complexity index is 831. The maximum atomic E-state index is 10.8. The number of hydrogen-bond donors (Lipinski definition) is 2. The lowest BCUT2D eigenvalue weighted by molar-refractivity contribution is 0.00106. The molecule has 0 radical (unpaired) electrons. The summed E-state index contributed by atoms with van der Waals surface area (Å²) in [5, 5.41) is 15.1. The van der Waals surface area contributed by atoms with Crippen LogP contribution in [0.2, 0.25) is 0 Å². The SMILES string of the molecule is Cl.Cl.OC1(Cn2ccnc2-c2ccc3ncccc3c2)CCCNC1. The maximum Gasteiger partial charge on any atom is 0.140 e. The summed E-state index contributed by atoms with van der Waals surface area (Å²) in [6, 6.07) is 10.1. The highest BCUT2D eigenvalue weighted by Crippen LogP contribution is 2.25.